The highest BCUT2D eigenvalue weighted by Gasteiger charge is 2.55. The highest BCUT2D eigenvalue weighted by molar-refractivity contribution is 8.03. The summed E-state index contributed by atoms with van der Waals surface area (Å²) >= 11 is 3.08. The van der Waals surface area contributed by atoms with Crippen LogP contribution < -0.4 is 10.1 Å². The van der Waals surface area contributed by atoms with E-state index in [2.05, 4.69) is 29.2 Å². The van der Waals surface area contributed by atoms with Crippen molar-refractivity contribution in [1.82, 2.24) is 20.1 Å². The molecule has 4 saturated carbocycles. The molecule has 0 aliphatic heterocycles. The van der Waals surface area contributed by atoms with Crippen molar-refractivity contribution in [3.05, 3.63) is 28.7 Å². The van der Waals surface area contributed by atoms with Gasteiger partial charge in [-0.2, -0.15) is 5.10 Å². The van der Waals surface area contributed by atoms with Crippen molar-refractivity contribution >= 4 is 35.2 Å². The molecule has 172 valence electrons. The van der Waals surface area contributed by atoms with E-state index in [1.54, 1.807) is 34.6 Å². The second kappa shape index (κ2) is 8.83. The Kier molecular flexibility index (Phi) is 6.07. The van der Waals surface area contributed by atoms with Crippen molar-refractivity contribution < 1.29 is 14.6 Å². The van der Waals surface area contributed by atoms with Gasteiger partial charge in [0.05, 0.1) is 18.4 Å². The summed E-state index contributed by atoms with van der Waals surface area (Å²) in [4.78, 5) is 17.6. The first-order valence-corrected chi connectivity index (χ1v) is 13.1. The highest BCUT2D eigenvalue weighted by atomic mass is 32.2. The Labute approximate surface area is 196 Å². The minimum atomic E-state index is -0.506. The van der Waals surface area contributed by atoms with Crippen molar-refractivity contribution in [1.29, 1.82) is 0 Å². The maximum atomic E-state index is 13.3. The standard InChI is InChI=1S/C23H30N4O3S2/c1-14(2)13-30-21-18(12-25-27(21)4-6-32-22-24-3-5-31-22)20(28)26-19-16-7-15-8-17(19)11-23(29,9-15)10-16/h3-6,12,14-17,19,29H,7-11,13H2,1-2H3,(H,26,28)/b6-4-. The summed E-state index contributed by atoms with van der Waals surface area (Å²) in [7, 11) is 0. The van der Waals surface area contributed by atoms with Gasteiger partial charge in [0.15, 0.2) is 4.34 Å². The van der Waals surface area contributed by atoms with Gasteiger partial charge in [-0.15, -0.1) is 11.3 Å². The van der Waals surface area contributed by atoms with Gasteiger partial charge in [-0.25, -0.2) is 9.67 Å². The Balaban J connectivity index is 1.32. The molecule has 2 aromatic heterocycles. The van der Waals surface area contributed by atoms with Crippen LogP contribution in [0.2, 0.25) is 0 Å². The number of hydrogen-bond acceptors (Lipinski definition) is 7. The molecule has 2 atom stereocenters. The van der Waals surface area contributed by atoms with Crippen LogP contribution in [0.25, 0.3) is 6.20 Å². The number of carbonyl (C=O) groups is 1. The number of nitrogens with one attached hydrogen (secondary N) is 1. The van der Waals surface area contributed by atoms with E-state index in [0.29, 0.717) is 41.7 Å². The normalized spacial score (nSPS) is 31.0. The molecule has 4 aliphatic carbocycles. The first-order valence-electron chi connectivity index (χ1n) is 11.4. The van der Waals surface area contributed by atoms with Crippen LogP contribution in [-0.2, 0) is 0 Å². The zero-order valence-corrected chi connectivity index (χ0v) is 20.1. The van der Waals surface area contributed by atoms with Crippen LogP contribution in [0.1, 0.15) is 56.3 Å². The number of ether oxygens (including phenoxy) is 1. The van der Waals surface area contributed by atoms with Gasteiger partial charge in [-0.1, -0.05) is 25.6 Å². The fourth-order valence-electron chi connectivity index (χ4n) is 5.86. The van der Waals surface area contributed by atoms with Crippen LogP contribution in [0, 0.1) is 23.7 Å². The maximum Gasteiger partial charge on any atom is 0.258 e. The van der Waals surface area contributed by atoms with Gasteiger partial charge in [0.1, 0.15) is 5.56 Å². The number of carbonyl (C=O) groups excluding carboxylic acids is 1. The lowest BCUT2D eigenvalue weighted by atomic mass is 9.52. The molecule has 2 heterocycles. The van der Waals surface area contributed by atoms with E-state index in [4.69, 9.17) is 4.74 Å². The second-order valence-corrected chi connectivity index (χ2v) is 12.0. The first kappa shape index (κ1) is 22.0. The lowest BCUT2D eigenvalue weighted by molar-refractivity contribution is -0.136. The van der Waals surface area contributed by atoms with Gasteiger partial charge in [-0.3, -0.25) is 4.79 Å². The zero-order valence-electron chi connectivity index (χ0n) is 18.4. The van der Waals surface area contributed by atoms with Gasteiger partial charge in [0, 0.05) is 23.8 Å². The fourth-order valence-corrected chi connectivity index (χ4v) is 7.19. The monoisotopic (exact) mass is 474 g/mol. The summed E-state index contributed by atoms with van der Waals surface area (Å²) < 4.78 is 8.59. The van der Waals surface area contributed by atoms with Crippen molar-refractivity contribution in [2.75, 3.05) is 6.61 Å². The third-order valence-corrected chi connectivity index (χ3v) is 8.57. The van der Waals surface area contributed by atoms with Gasteiger partial charge >= 0.3 is 0 Å². The Hall–Kier alpha value is -1.84. The Bertz CT molecular complexity index is 972. The molecule has 9 heteroatoms. The van der Waals surface area contributed by atoms with E-state index in [1.807, 2.05) is 10.8 Å². The lowest BCUT2D eigenvalue weighted by Gasteiger charge is -2.58. The van der Waals surface area contributed by atoms with Crippen LogP contribution in [0.4, 0.5) is 0 Å². The van der Waals surface area contributed by atoms with E-state index in [1.165, 1.54) is 11.8 Å². The fraction of sp³-hybridized carbons (Fsp3) is 0.609. The molecule has 6 rings (SSSR count). The molecule has 7 nitrogen and oxygen atoms in total. The summed E-state index contributed by atoms with van der Waals surface area (Å²) in [5.74, 6) is 1.99. The number of rotatable bonds is 8. The summed E-state index contributed by atoms with van der Waals surface area (Å²) in [6.45, 7) is 4.66. The van der Waals surface area contributed by atoms with Crippen LogP contribution in [0.5, 0.6) is 5.88 Å². The molecule has 4 bridgehead atoms. The third-order valence-electron chi connectivity index (χ3n) is 6.87. The molecule has 2 aromatic rings. The molecule has 1 amide bonds. The predicted molar refractivity (Wildman–Crippen MR) is 126 cm³/mol. The molecule has 0 aromatic carbocycles. The van der Waals surface area contributed by atoms with Gasteiger partial charge in [0.25, 0.3) is 5.91 Å². The molecule has 4 fully saturated rings. The molecular weight excluding hydrogens is 444 g/mol. The zero-order chi connectivity index (χ0) is 22.3. The van der Waals surface area contributed by atoms with Gasteiger partial charge < -0.3 is 15.2 Å². The number of nitrogens with zero attached hydrogens (tertiary/aromatic N) is 3. The second-order valence-electron chi connectivity index (χ2n) is 9.91. The van der Waals surface area contributed by atoms with Crippen molar-refractivity contribution in [2.24, 2.45) is 23.7 Å². The first-order chi connectivity index (χ1) is 15.4. The molecule has 0 spiro atoms. The lowest BCUT2D eigenvalue weighted by Crippen LogP contribution is -2.61. The van der Waals surface area contributed by atoms with E-state index in [-0.39, 0.29) is 11.9 Å². The van der Waals surface area contributed by atoms with Crippen LogP contribution >= 0.6 is 23.1 Å². The van der Waals surface area contributed by atoms with E-state index >= 15 is 0 Å². The summed E-state index contributed by atoms with van der Waals surface area (Å²) in [6, 6.07) is 0.122. The minimum Gasteiger partial charge on any atom is -0.477 e. The number of thiazole rings is 1. The average Bonchev–Trinajstić information content (AvgIpc) is 3.38. The Morgan fingerprint density at radius 2 is 2.19 bits per heavy atom. The quantitative estimate of drug-likeness (QED) is 0.556. The molecule has 0 saturated heterocycles. The number of thioether (sulfide) groups is 1. The van der Waals surface area contributed by atoms with Crippen LogP contribution in [-0.4, -0.2) is 44.0 Å². The topological polar surface area (TPSA) is 89.3 Å². The predicted octanol–water partition coefficient (Wildman–Crippen LogP) is 4.26. The molecule has 2 unspecified atom stereocenters. The third kappa shape index (κ3) is 4.47. The molecule has 0 radical (unpaired) electrons. The van der Waals surface area contributed by atoms with E-state index < -0.39 is 5.60 Å². The minimum absolute atomic E-state index is 0.122. The molecule has 4 aliphatic rings. The van der Waals surface area contributed by atoms with Crippen molar-refractivity contribution in [3.8, 4) is 5.88 Å². The largest absolute Gasteiger partial charge is 0.477 e. The van der Waals surface area contributed by atoms with Crippen molar-refractivity contribution in [3.63, 3.8) is 0 Å². The van der Waals surface area contributed by atoms with E-state index in [0.717, 1.165) is 36.4 Å². The van der Waals surface area contributed by atoms with Gasteiger partial charge in [-0.05, 0) is 61.2 Å². The maximum absolute atomic E-state index is 13.3. The van der Waals surface area contributed by atoms with Crippen LogP contribution in [0.15, 0.2) is 27.5 Å². The Morgan fingerprint density at radius 3 is 2.84 bits per heavy atom. The summed E-state index contributed by atoms with van der Waals surface area (Å²) in [5, 5.41) is 22.4. The number of hydrogen-bond donors (Lipinski definition) is 2. The van der Waals surface area contributed by atoms with E-state index in [9.17, 15) is 9.90 Å². The number of aliphatic hydroxyl groups is 1. The summed E-state index contributed by atoms with van der Waals surface area (Å²) in [5.41, 5.74) is -0.0457. The SMILES string of the molecule is CC(C)COc1c(C(=O)NC2C3CC4CC2CC(O)(C4)C3)cnn1/C=C\Sc1nccs1. The Morgan fingerprint density at radius 1 is 1.41 bits per heavy atom. The number of aromatic nitrogens is 3. The molecule has 2 N–H and O–H groups in total. The number of amides is 1. The average molecular weight is 475 g/mol. The van der Waals surface area contributed by atoms with Crippen LogP contribution in [0.3, 0.4) is 0 Å². The molecular formula is C23H30N4O3S2. The van der Waals surface area contributed by atoms with Gasteiger partial charge in [0.2, 0.25) is 5.88 Å². The smallest absolute Gasteiger partial charge is 0.258 e. The summed E-state index contributed by atoms with van der Waals surface area (Å²) in [6.07, 6.45) is 9.93. The molecule has 32 heavy (non-hydrogen) atoms. The highest BCUT2D eigenvalue weighted by Crippen LogP contribution is 2.55. The van der Waals surface area contributed by atoms with Crippen molar-refractivity contribution in [2.45, 2.75) is 61.9 Å².